The van der Waals surface area contributed by atoms with E-state index in [9.17, 15) is 5.41 Å². The van der Waals surface area contributed by atoms with Gasteiger partial charge in [0, 0.05) is 33.5 Å². The third-order valence-corrected chi connectivity index (χ3v) is 12.5. The van der Waals surface area contributed by atoms with Gasteiger partial charge in [-0.2, -0.15) is 0 Å². The van der Waals surface area contributed by atoms with Gasteiger partial charge in [0.05, 0.1) is 22.8 Å². The van der Waals surface area contributed by atoms with Crippen molar-refractivity contribution in [2.45, 2.75) is 0 Å². The van der Waals surface area contributed by atoms with E-state index in [1.165, 1.54) is 11.1 Å². The summed E-state index contributed by atoms with van der Waals surface area (Å²) in [5, 5.41) is 13.5. The number of aromatic nitrogens is 1. The molecule has 1 aliphatic rings. The van der Waals surface area contributed by atoms with Crippen molar-refractivity contribution in [1.82, 2.24) is 10.3 Å². The molecule has 0 fully saturated rings. The van der Waals surface area contributed by atoms with Crippen LogP contribution in [0.3, 0.4) is 0 Å². The highest BCUT2D eigenvalue weighted by Crippen LogP contribution is 2.40. The van der Waals surface area contributed by atoms with Gasteiger partial charge in [-0.1, -0.05) is 218 Å². The van der Waals surface area contributed by atoms with Crippen LogP contribution in [0.1, 0.15) is 27.8 Å². The summed E-state index contributed by atoms with van der Waals surface area (Å²) < 4.78 is 0. The first kappa shape index (κ1) is 40.8. The topological polar surface area (TPSA) is 48.8 Å². The van der Waals surface area contributed by atoms with Gasteiger partial charge in [-0.3, -0.25) is 5.41 Å². The number of fused-ring (bicyclic) bond motifs is 1. The SMILES string of the molecule is N=C(/C(=C1\NC(c2ccccc2)=Cc2cc(-c3cccc(-c4cc(-c5cccc(-c6ccccc6)c5)nc(-c5cccc(-c6ccccc6)c5)c4)c3)ccc21)c1ccccc1)c1ccccc1. The molecule has 316 valence electrons. The quantitative estimate of drug-likeness (QED) is 0.135. The number of hydrogen-bond acceptors (Lipinski definition) is 3. The Labute approximate surface area is 392 Å². The molecule has 2 N–H and O–H groups in total. The minimum atomic E-state index is 0.459. The van der Waals surface area contributed by atoms with E-state index in [2.05, 4.69) is 212 Å². The summed E-state index contributed by atoms with van der Waals surface area (Å²) in [6, 6.07) is 89.2. The van der Waals surface area contributed by atoms with E-state index >= 15 is 0 Å². The Bertz CT molecular complexity index is 3360. The first-order chi connectivity index (χ1) is 33.1. The van der Waals surface area contributed by atoms with Crippen LogP contribution in [0.2, 0.25) is 0 Å². The number of nitrogens with one attached hydrogen (secondary N) is 2. The smallest absolute Gasteiger partial charge is 0.0715 e. The highest BCUT2D eigenvalue weighted by atomic mass is 14.9. The monoisotopic (exact) mass is 855 g/mol. The molecule has 9 aromatic carbocycles. The fraction of sp³-hybridized carbons (Fsp3) is 0. The molecular weight excluding hydrogens is 811 g/mol. The zero-order chi connectivity index (χ0) is 44.9. The van der Waals surface area contributed by atoms with Crippen molar-refractivity contribution in [1.29, 1.82) is 5.41 Å². The predicted molar refractivity (Wildman–Crippen MR) is 281 cm³/mol. The number of pyridine rings is 1. The van der Waals surface area contributed by atoms with Crippen LogP contribution < -0.4 is 5.32 Å². The van der Waals surface area contributed by atoms with Crippen molar-refractivity contribution >= 4 is 28.8 Å². The van der Waals surface area contributed by atoms with E-state index < -0.39 is 0 Å². The zero-order valence-corrected chi connectivity index (χ0v) is 36.8. The van der Waals surface area contributed by atoms with E-state index in [1.807, 2.05) is 54.6 Å². The number of hydrogen-bond donors (Lipinski definition) is 2. The molecule has 0 atom stereocenters. The second-order valence-electron chi connectivity index (χ2n) is 16.8. The van der Waals surface area contributed by atoms with Crippen molar-refractivity contribution in [3.63, 3.8) is 0 Å². The number of allylic oxidation sites excluding steroid dienone is 1. The fourth-order valence-corrected chi connectivity index (χ4v) is 9.07. The molecule has 0 aliphatic carbocycles. The fourth-order valence-electron chi connectivity index (χ4n) is 9.07. The third-order valence-electron chi connectivity index (χ3n) is 12.5. The standard InChI is InChI=1S/C64H45N3/c65-63(48-27-14-5-15-28-48)62(47-25-12-4-13-26-47)64-58-36-35-53(40-57(58)43-59(67-64)46-23-10-3-11-24-46)51-31-16-32-52(37-51)56-41-60(54-33-17-29-49(38-54)44-19-6-1-7-20-44)66-61(42-56)55-34-18-30-50(39-55)45-21-8-2-9-22-45/h1-43,65,67H/b64-62-,65-63?. The highest BCUT2D eigenvalue weighted by Gasteiger charge is 2.24. The molecule has 0 spiro atoms. The molecule has 0 amide bonds. The average Bonchev–Trinajstić information content (AvgIpc) is 3.42. The first-order valence-corrected chi connectivity index (χ1v) is 22.7. The van der Waals surface area contributed by atoms with Crippen molar-refractivity contribution < 1.29 is 0 Å². The van der Waals surface area contributed by atoms with Gasteiger partial charge in [0.1, 0.15) is 0 Å². The lowest BCUT2D eigenvalue weighted by Gasteiger charge is -2.26. The molecule has 0 saturated carbocycles. The van der Waals surface area contributed by atoms with Crippen molar-refractivity contribution in [2.24, 2.45) is 0 Å². The third kappa shape index (κ3) is 8.58. The van der Waals surface area contributed by atoms with Crippen LogP contribution in [0.25, 0.3) is 90.1 Å². The Morgan fingerprint density at radius 2 is 0.731 bits per heavy atom. The maximum Gasteiger partial charge on any atom is 0.0715 e. The van der Waals surface area contributed by atoms with Crippen molar-refractivity contribution in [3.8, 4) is 67.0 Å². The van der Waals surface area contributed by atoms with Gasteiger partial charge >= 0.3 is 0 Å². The Hall–Kier alpha value is -8.92. The lowest BCUT2D eigenvalue weighted by molar-refractivity contribution is 1.22. The molecule has 10 aromatic rings. The van der Waals surface area contributed by atoms with Crippen molar-refractivity contribution in [2.75, 3.05) is 0 Å². The molecule has 3 heteroatoms. The summed E-state index contributed by atoms with van der Waals surface area (Å²) in [6.07, 6.45) is 2.24. The van der Waals surface area contributed by atoms with E-state index in [1.54, 1.807) is 0 Å². The van der Waals surface area contributed by atoms with Crippen LogP contribution in [-0.2, 0) is 0 Å². The largest absolute Gasteiger partial charge is 0.354 e. The average molecular weight is 856 g/mol. The van der Waals surface area contributed by atoms with E-state index in [4.69, 9.17) is 4.98 Å². The minimum absolute atomic E-state index is 0.459. The summed E-state index contributed by atoms with van der Waals surface area (Å²) in [6.45, 7) is 0. The molecule has 67 heavy (non-hydrogen) atoms. The predicted octanol–water partition coefficient (Wildman–Crippen LogP) is 16.1. The Morgan fingerprint density at radius 3 is 1.27 bits per heavy atom. The number of benzene rings is 9. The summed E-state index contributed by atoms with van der Waals surface area (Å²) in [5.74, 6) is 0. The van der Waals surface area contributed by atoms with Gasteiger partial charge in [0.15, 0.2) is 0 Å². The summed E-state index contributed by atoms with van der Waals surface area (Å²) in [4.78, 5) is 5.37. The molecule has 1 aromatic heterocycles. The van der Waals surface area contributed by atoms with Crippen LogP contribution in [0.5, 0.6) is 0 Å². The first-order valence-electron chi connectivity index (χ1n) is 22.7. The zero-order valence-electron chi connectivity index (χ0n) is 36.8. The van der Waals surface area contributed by atoms with Crippen LogP contribution in [0.15, 0.2) is 255 Å². The lowest BCUT2D eigenvalue weighted by atomic mass is 9.86. The molecule has 0 saturated heterocycles. The highest BCUT2D eigenvalue weighted by molar-refractivity contribution is 6.36. The minimum Gasteiger partial charge on any atom is -0.354 e. The van der Waals surface area contributed by atoms with Crippen LogP contribution >= 0.6 is 0 Å². The van der Waals surface area contributed by atoms with Gasteiger partial charge in [0.2, 0.25) is 0 Å². The van der Waals surface area contributed by atoms with Gasteiger partial charge in [-0.05, 0) is 104 Å². The maximum atomic E-state index is 9.67. The lowest BCUT2D eigenvalue weighted by Crippen LogP contribution is -2.20. The van der Waals surface area contributed by atoms with Crippen LogP contribution in [0, 0.1) is 5.41 Å². The van der Waals surface area contributed by atoms with E-state index in [0.29, 0.717) is 5.71 Å². The van der Waals surface area contributed by atoms with Gasteiger partial charge in [-0.25, -0.2) is 4.98 Å². The molecule has 11 rings (SSSR count). The van der Waals surface area contributed by atoms with Crippen LogP contribution in [0.4, 0.5) is 0 Å². The molecule has 1 aliphatic heterocycles. The van der Waals surface area contributed by atoms with Crippen molar-refractivity contribution in [3.05, 3.63) is 283 Å². The van der Waals surface area contributed by atoms with E-state index in [-0.39, 0.29) is 0 Å². The normalized spacial score (nSPS) is 12.6. The summed E-state index contributed by atoms with van der Waals surface area (Å²) >= 11 is 0. The Morgan fingerprint density at radius 1 is 0.328 bits per heavy atom. The Balaban J connectivity index is 1.04. The second-order valence-corrected chi connectivity index (χ2v) is 16.8. The second kappa shape index (κ2) is 18.3. The maximum absolute atomic E-state index is 9.67. The number of rotatable bonds is 10. The van der Waals surface area contributed by atoms with E-state index in [0.717, 1.165) is 101 Å². The molecule has 0 unspecified atom stereocenters. The summed E-state index contributed by atoms with van der Waals surface area (Å²) in [5.41, 5.74) is 21.2. The van der Waals surface area contributed by atoms with Gasteiger partial charge < -0.3 is 5.32 Å². The molecule has 3 nitrogen and oxygen atoms in total. The molecular formula is C64H45N3. The molecule has 2 heterocycles. The summed E-state index contributed by atoms with van der Waals surface area (Å²) in [7, 11) is 0. The van der Waals surface area contributed by atoms with Gasteiger partial charge in [0.25, 0.3) is 0 Å². The van der Waals surface area contributed by atoms with Gasteiger partial charge in [-0.15, -0.1) is 0 Å². The molecule has 0 radical (unpaired) electrons. The number of nitrogens with zero attached hydrogens (tertiary/aromatic N) is 1. The Kier molecular flexibility index (Phi) is 11.1. The molecule has 0 bridgehead atoms. The van der Waals surface area contributed by atoms with Crippen LogP contribution in [-0.4, -0.2) is 10.7 Å².